The minimum atomic E-state index is -3.56. The Morgan fingerprint density at radius 2 is 1.24 bits per heavy atom. The van der Waals surface area contributed by atoms with E-state index in [4.69, 9.17) is 11.6 Å². The van der Waals surface area contributed by atoms with Gasteiger partial charge in [-0.25, -0.2) is 4.90 Å². The molecule has 3 aromatic carbocycles. The normalized spacial score (nSPS) is 20.4. The van der Waals surface area contributed by atoms with Gasteiger partial charge in [0, 0.05) is 35.9 Å². The number of hydrogen-bond donors (Lipinski definition) is 0. The van der Waals surface area contributed by atoms with Crippen molar-refractivity contribution in [2.24, 2.45) is 0 Å². The molecule has 0 N–H and O–H groups in total. The van der Waals surface area contributed by atoms with Gasteiger partial charge >= 0.3 is 0 Å². The molecule has 0 aromatic heterocycles. The zero-order valence-electron chi connectivity index (χ0n) is 17.9. The molecule has 2 amide bonds. The SMILES string of the molecule is O=C1CC(P2(=O)N(c3ccccc3)CCCN2c2ccccc2)C(=O)N1c1ccc(Cl)cc1. The molecule has 2 aliphatic heterocycles. The quantitative estimate of drug-likeness (QED) is 0.361. The van der Waals surface area contributed by atoms with E-state index in [2.05, 4.69) is 0 Å². The lowest BCUT2D eigenvalue weighted by Crippen LogP contribution is -2.46. The van der Waals surface area contributed by atoms with E-state index in [1.54, 1.807) is 24.3 Å². The van der Waals surface area contributed by atoms with E-state index in [1.807, 2.05) is 70.0 Å². The molecule has 2 heterocycles. The molecule has 3 aromatic rings. The molecule has 1 atom stereocenters. The number of carbonyl (C=O) groups excluding carboxylic acids is 2. The molecule has 8 heteroatoms. The number of rotatable bonds is 4. The standard InChI is InChI=1S/C25H23ClN3O3P/c26-19-12-14-22(15-13-19)29-24(30)18-23(25(29)31)33(32)27(20-8-3-1-4-9-20)16-7-17-28(33)21-10-5-2-6-11-21/h1-6,8-15,23H,7,16-18H2. The summed E-state index contributed by atoms with van der Waals surface area (Å²) in [4.78, 5) is 27.9. The molecule has 33 heavy (non-hydrogen) atoms. The summed E-state index contributed by atoms with van der Waals surface area (Å²) in [6.07, 6.45) is 0.676. The number of amides is 2. The maximum Gasteiger partial charge on any atom is 0.275 e. The number of halogens is 1. The zero-order valence-corrected chi connectivity index (χ0v) is 19.5. The lowest BCUT2D eigenvalue weighted by molar-refractivity contribution is -0.121. The van der Waals surface area contributed by atoms with Gasteiger partial charge in [0.1, 0.15) is 5.66 Å². The maximum atomic E-state index is 15.1. The number of carbonyl (C=O) groups is 2. The second kappa shape index (κ2) is 8.69. The van der Waals surface area contributed by atoms with Crippen molar-refractivity contribution in [2.45, 2.75) is 18.5 Å². The van der Waals surface area contributed by atoms with E-state index in [0.29, 0.717) is 23.8 Å². The summed E-state index contributed by atoms with van der Waals surface area (Å²) in [6.45, 7) is 1.09. The molecule has 2 saturated heterocycles. The third kappa shape index (κ3) is 3.73. The molecule has 1 unspecified atom stereocenters. The molecule has 0 bridgehead atoms. The van der Waals surface area contributed by atoms with Crippen LogP contribution in [0.1, 0.15) is 12.8 Å². The first-order valence-electron chi connectivity index (χ1n) is 10.9. The number of para-hydroxylation sites is 2. The number of imide groups is 1. The van der Waals surface area contributed by atoms with Crippen LogP contribution in [-0.2, 0) is 14.2 Å². The number of anilines is 3. The first-order valence-corrected chi connectivity index (χ1v) is 12.9. The van der Waals surface area contributed by atoms with Crippen LogP contribution in [0.4, 0.5) is 17.1 Å². The van der Waals surface area contributed by atoms with E-state index in [0.717, 1.165) is 22.7 Å². The number of hydrogen-bond acceptors (Lipinski definition) is 3. The summed E-state index contributed by atoms with van der Waals surface area (Å²) in [5.41, 5.74) is 1.04. The van der Waals surface area contributed by atoms with E-state index in [9.17, 15) is 9.59 Å². The van der Waals surface area contributed by atoms with Crippen molar-refractivity contribution in [2.75, 3.05) is 27.3 Å². The Balaban J connectivity index is 1.61. The summed E-state index contributed by atoms with van der Waals surface area (Å²) in [7, 11) is -3.56. The van der Waals surface area contributed by atoms with Crippen LogP contribution in [0.15, 0.2) is 84.9 Å². The molecule has 6 nitrogen and oxygen atoms in total. The van der Waals surface area contributed by atoms with E-state index < -0.39 is 19.0 Å². The molecule has 2 fully saturated rings. The summed E-state index contributed by atoms with van der Waals surface area (Å²) in [5.74, 6) is -0.788. The van der Waals surface area contributed by atoms with Crippen molar-refractivity contribution in [1.29, 1.82) is 0 Å². The van der Waals surface area contributed by atoms with Crippen molar-refractivity contribution in [1.82, 2.24) is 0 Å². The minimum absolute atomic E-state index is 0.106. The third-order valence-corrected chi connectivity index (χ3v) is 9.87. The highest BCUT2D eigenvalue weighted by atomic mass is 35.5. The van der Waals surface area contributed by atoms with Crippen LogP contribution >= 0.6 is 19.0 Å². The zero-order chi connectivity index (χ0) is 23.0. The van der Waals surface area contributed by atoms with Crippen molar-refractivity contribution in [3.8, 4) is 0 Å². The highest BCUT2D eigenvalue weighted by molar-refractivity contribution is 7.69. The van der Waals surface area contributed by atoms with Crippen LogP contribution in [0.3, 0.4) is 0 Å². The van der Waals surface area contributed by atoms with Gasteiger partial charge in [0.05, 0.1) is 5.69 Å². The van der Waals surface area contributed by atoms with E-state index in [1.165, 1.54) is 0 Å². The smallest absolute Gasteiger partial charge is 0.275 e. The van der Waals surface area contributed by atoms with Crippen LogP contribution in [-0.4, -0.2) is 30.6 Å². The van der Waals surface area contributed by atoms with E-state index in [-0.39, 0.29) is 12.3 Å². The average Bonchev–Trinajstić information content (AvgIpc) is 3.15. The molecule has 2 aliphatic rings. The fraction of sp³-hybridized carbons (Fsp3) is 0.200. The fourth-order valence-electron chi connectivity index (χ4n) is 4.65. The predicted octanol–water partition coefficient (Wildman–Crippen LogP) is 5.58. The first kappa shape index (κ1) is 21.7. The summed E-state index contributed by atoms with van der Waals surface area (Å²) in [6, 6.07) is 25.5. The van der Waals surface area contributed by atoms with Gasteiger partial charge in [0.15, 0.2) is 0 Å². The highest BCUT2D eigenvalue weighted by Gasteiger charge is 2.56. The number of benzene rings is 3. The summed E-state index contributed by atoms with van der Waals surface area (Å²) in [5, 5.41) is 0.514. The Labute approximate surface area is 197 Å². The Hall–Kier alpha value is -3.08. The van der Waals surface area contributed by atoms with Gasteiger partial charge in [-0.1, -0.05) is 48.0 Å². The summed E-state index contributed by atoms with van der Waals surface area (Å²) >= 11 is 5.99. The van der Waals surface area contributed by atoms with Gasteiger partial charge in [-0.05, 0) is 55.0 Å². The van der Waals surface area contributed by atoms with Crippen LogP contribution in [0.25, 0.3) is 0 Å². The molecule has 0 aliphatic carbocycles. The van der Waals surface area contributed by atoms with Gasteiger partial charge in [-0.15, -0.1) is 0 Å². The maximum absolute atomic E-state index is 15.1. The van der Waals surface area contributed by atoms with Crippen molar-refractivity contribution < 1.29 is 14.2 Å². The summed E-state index contributed by atoms with van der Waals surface area (Å²) < 4.78 is 18.8. The molecule has 0 saturated carbocycles. The van der Waals surface area contributed by atoms with Gasteiger partial charge in [0.25, 0.3) is 7.44 Å². The van der Waals surface area contributed by atoms with Crippen LogP contribution < -0.4 is 14.2 Å². The topological polar surface area (TPSA) is 60.9 Å². The largest absolute Gasteiger partial charge is 0.306 e. The van der Waals surface area contributed by atoms with Gasteiger partial charge in [0.2, 0.25) is 11.8 Å². The first-order chi connectivity index (χ1) is 16.0. The van der Waals surface area contributed by atoms with Crippen molar-refractivity contribution in [3.05, 3.63) is 90.0 Å². The monoisotopic (exact) mass is 479 g/mol. The van der Waals surface area contributed by atoms with Crippen LogP contribution in [0.2, 0.25) is 5.02 Å². The highest BCUT2D eigenvalue weighted by Crippen LogP contribution is 2.64. The van der Waals surface area contributed by atoms with Gasteiger partial charge in [-0.2, -0.15) is 0 Å². The van der Waals surface area contributed by atoms with Crippen LogP contribution in [0.5, 0.6) is 0 Å². The van der Waals surface area contributed by atoms with E-state index >= 15 is 4.57 Å². The second-order valence-electron chi connectivity index (χ2n) is 8.12. The van der Waals surface area contributed by atoms with Crippen LogP contribution in [0, 0.1) is 0 Å². The van der Waals surface area contributed by atoms with Gasteiger partial charge < -0.3 is 9.34 Å². The molecular formula is C25H23ClN3O3P. The Bertz CT molecular complexity index is 1170. The Kier molecular flexibility index (Phi) is 5.73. The number of nitrogens with zero attached hydrogens (tertiary/aromatic N) is 3. The van der Waals surface area contributed by atoms with Crippen molar-refractivity contribution in [3.63, 3.8) is 0 Å². The Morgan fingerprint density at radius 3 is 1.76 bits per heavy atom. The van der Waals surface area contributed by atoms with Crippen molar-refractivity contribution >= 4 is 47.9 Å². The molecule has 5 rings (SSSR count). The molecular weight excluding hydrogens is 457 g/mol. The average molecular weight is 480 g/mol. The lowest BCUT2D eigenvalue weighted by Gasteiger charge is -2.47. The minimum Gasteiger partial charge on any atom is -0.306 e. The molecule has 0 radical (unpaired) electrons. The fourth-order valence-corrected chi connectivity index (χ4v) is 8.29. The predicted molar refractivity (Wildman–Crippen MR) is 132 cm³/mol. The molecule has 168 valence electrons. The lowest BCUT2D eigenvalue weighted by atomic mass is 10.3. The third-order valence-electron chi connectivity index (χ3n) is 6.15. The second-order valence-corrected chi connectivity index (χ2v) is 11.3. The van der Waals surface area contributed by atoms with Gasteiger partial charge in [-0.3, -0.25) is 14.2 Å². The molecule has 0 spiro atoms. The Morgan fingerprint density at radius 1 is 0.727 bits per heavy atom.